The van der Waals surface area contributed by atoms with Crippen molar-refractivity contribution >= 4 is 5.91 Å². The van der Waals surface area contributed by atoms with Gasteiger partial charge in [0.1, 0.15) is 0 Å². The first-order valence-electron chi connectivity index (χ1n) is 6.81. The van der Waals surface area contributed by atoms with E-state index in [1.54, 1.807) is 7.11 Å². The van der Waals surface area contributed by atoms with Crippen molar-refractivity contribution in [1.82, 2.24) is 4.90 Å². The van der Waals surface area contributed by atoms with E-state index < -0.39 is 0 Å². The summed E-state index contributed by atoms with van der Waals surface area (Å²) in [5, 5.41) is 0. The van der Waals surface area contributed by atoms with Gasteiger partial charge in [0.05, 0.1) is 12.5 Å². The number of benzene rings is 1. The minimum absolute atomic E-state index is 0.106. The van der Waals surface area contributed by atoms with Crippen molar-refractivity contribution in [3.63, 3.8) is 0 Å². The van der Waals surface area contributed by atoms with E-state index >= 15 is 0 Å². The summed E-state index contributed by atoms with van der Waals surface area (Å²) in [4.78, 5) is 14.3. The molecule has 1 heterocycles. The number of hydrogen-bond donors (Lipinski definition) is 1. The molecule has 1 saturated heterocycles. The Bertz CT molecular complexity index is 408. The lowest BCUT2D eigenvalue weighted by molar-refractivity contribution is -0.136. The highest BCUT2D eigenvalue weighted by atomic mass is 16.5. The molecule has 1 amide bonds. The first kappa shape index (κ1) is 14.0. The third kappa shape index (κ3) is 3.55. The molecule has 1 fully saturated rings. The minimum atomic E-state index is 0.106. The van der Waals surface area contributed by atoms with E-state index in [0.29, 0.717) is 13.0 Å². The fourth-order valence-electron chi connectivity index (χ4n) is 2.65. The Labute approximate surface area is 114 Å². The Kier molecular flexibility index (Phi) is 4.93. The van der Waals surface area contributed by atoms with E-state index in [4.69, 9.17) is 10.5 Å². The summed E-state index contributed by atoms with van der Waals surface area (Å²) in [7, 11) is 1.72. The predicted octanol–water partition coefficient (Wildman–Crippen LogP) is 1.19. The van der Waals surface area contributed by atoms with E-state index in [9.17, 15) is 4.79 Å². The number of nitrogens with zero attached hydrogens (tertiary/aromatic N) is 1. The highest BCUT2D eigenvalue weighted by Crippen LogP contribution is 2.20. The highest BCUT2D eigenvalue weighted by molar-refractivity contribution is 5.79. The van der Waals surface area contributed by atoms with Crippen LogP contribution in [0.25, 0.3) is 0 Å². The fraction of sp³-hybridized carbons (Fsp3) is 0.533. The lowest BCUT2D eigenvalue weighted by atomic mass is 9.98. The number of amides is 1. The maximum absolute atomic E-state index is 12.4. The molecular formula is C15H22N2O2. The second-order valence-electron chi connectivity index (χ2n) is 5.02. The average molecular weight is 262 g/mol. The maximum atomic E-state index is 12.4. The van der Waals surface area contributed by atoms with Crippen LogP contribution in [0, 0.1) is 0 Å². The molecule has 1 aliphatic rings. The molecule has 1 aliphatic heterocycles. The number of likely N-dealkylation sites (tertiary alicyclic amines) is 1. The van der Waals surface area contributed by atoms with Gasteiger partial charge in [-0.1, -0.05) is 30.3 Å². The zero-order valence-electron chi connectivity index (χ0n) is 11.4. The molecule has 0 bridgehead atoms. The third-order valence-electron chi connectivity index (χ3n) is 3.79. The third-order valence-corrected chi connectivity index (χ3v) is 3.79. The molecule has 4 heteroatoms. The summed E-state index contributed by atoms with van der Waals surface area (Å²) in [5.41, 5.74) is 6.85. The zero-order chi connectivity index (χ0) is 13.7. The van der Waals surface area contributed by atoms with Gasteiger partial charge in [0.25, 0.3) is 0 Å². The van der Waals surface area contributed by atoms with Gasteiger partial charge in [0, 0.05) is 26.2 Å². The SMILES string of the molecule is COC1CCN(C(=O)Cc2ccccc2)C(CN)C1. The summed E-state index contributed by atoms with van der Waals surface area (Å²) in [6.07, 6.45) is 2.42. The van der Waals surface area contributed by atoms with Crippen molar-refractivity contribution in [2.24, 2.45) is 5.73 Å². The normalized spacial score (nSPS) is 23.4. The van der Waals surface area contributed by atoms with Crippen LogP contribution in [0.5, 0.6) is 0 Å². The number of nitrogens with two attached hydrogens (primary N) is 1. The molecule has 2 atom stereocenters. The van der Waals surface area contributed by atoms with Crippen LogP contribution in [-0.2, 0) is 16.0 Å². The first-order chi connectivity index (χ1) is 9.24. The lowest BCUT2D eigenvalue weighted by Crippen LogP contribution is -2.51. The van der Waals surface area contributed by atoms with Crippen molar-refractivity contribution in [3.8, 4) is 0 Å². The van der Waals surface area contributed by atoms with Crippen molar-refractivity contribution in [2.75, 3.05) is 20.2 Å². The minimum Gasteiger partial charge on any atom is -0.381 e. The number of piperidine rings is 1. The molecule has 2 rings (SSSR count). The molecule has 1 aromatic rings. The predicted molar refractivity (Wildman–Crippen MR) is 74.7 cm³/mol. The second kappa shape index (κ2) is 6.68. The van der Waals surface area contributed by atoms with E-state index in [2.05, 4.69) is 0 Å². The largest absolute Gasteiger partial charge is 0.381 e. The van der Waals surface area contributed by atoms with Crippen LogP contribution in [-0.4, -0.2) is 43.2 Å². The Balaban J connectivity index is 1.98. The van der Waals surface area contributed by atoms with Gasteiger partial charge in [-0.25, -0.2) is 0 Å². The van der Waals surface area contributed by atoms with Crippen LogP contribution in [0.1, 0.15) is 18.4 Å². The lowest BCUT2D eigenvalue weighted by Gasteiger charge is -2.38. The summed E-state index contributed by atoms with van der Waals surface area (Å²) >= 11 is 0. The number of rotatable bonds is 4. The van der Waals surface area contributed by atoms with Crippen LogP contribution in [0.15, 0.2) is 30.3 Å². The van der Waals surface area contributed by atoms with E-state index in [1.807, 2.05) is 35.2 Å². The Hall–Kier alpha value is -1.39. The topological polar surface area (TPSA) is 55.6 Å². The number of ether oxygens (including phenoxy) is 1. The van der Waals surface area contributed by atoms with Crippen molar-refractivity contribution in [2.45, 2.75) is 31.4 Å². The molecule has 0 radical (unpaired) electrons. The van der Waals surface area contributed by atoms with Gasteiger partial charge in [-0.2, -0.15) is 0 Å². The molecule has 4 nitrogen and oxygen atoms in total. The summed E-state index contributed by atoms with van der Waals surface area (Å²) < 4.78 is 5.38. The van der Waals surface area contributed by atoms with Crippen LogP contribution >= 0.6 is 0 Å². The van der Waals surface area contributed by atoms with Gasteiger partial charge < -0.3 is 15.4 Å². The van der Waals surface area contributed by atoms with Crippen molar-refractivity contribution < 1.29 is 9.53 Å². The Morgan fingerprint density at radius 1 is 1.42 bits per heavy atom. The Morgan fingerprint density at radius 3 is 2.79 bits per heavy atom. The van der Waals surface area contributed by atoms with E-state index in [0.717, 1.165) is 24.9 Å². The highest BCUT2D eigenvalue weighted by Gasteiger charge is 2.30. The monoisotopic (exact) mass is 262 g/mol. The molecule has 0 aromatic heterocycles. The maximum Gasteiger partial charge on any atom is 0.227 e. The van der Waals surface area contributed by atoms with E-state index in [1.165, 1.54) is 0 Å². The summed E-state index contributed by atoms with van der Waals surface area (Å²) in [6.45, 7) is 1.24. The number of carbonyl (C=O) groups is 1. The fourth-order valence-corrected chi connectivity index (χ4v) is 2.65. The summed E-state index contributed by atoms with van der Waals surface area (Å²) in [5.74, 6) is 0.163. The molecule has 2 unspecified atom stereocenters. The molecule has 0 saturated carbocycles. The number of carbonyl (C=O) groups excluding carboxylic acids is 1. The Morgan fingerprint density at radius 2 is 2.16 bits per heavy atom. The molecular weight excluding hydrogens is 240 g/mol. The average Bonchev–Trinajstić information content (AvgIpc) is 2.47. The number of methoxy groups -OCH3 is 1. The van der Waals surface area contributed by atoms with Gasteiger partial charge in [0.15, 0.2) is 0 Å². The van der Waals surface area contributed by atoms with Gasteiger partial charge in [-0.15, -0.1) is 0 Å². The van der Waals surface area contributed by atoms with Crippen LogP contribution in [0.4, 0.5) is 0 Å². The van der Waals surface area contributed by atoms with Gasteiger partial charge in [0.2, 0.25) is 5.91 Å². The van der Waals surface area contributed by atoms with Crippen molar-refractivity contribution in [3.05, 3.63) is 35.9 Å². The molecule has 104 valence electrons. The number of hydrogen-bond acceptors (Lipinski definition) is 3. The molecule has 0 aliphatic carbocycles. The van der Waals surface area contributed by atoms with Gasteiger partial charge >= 0.3 is 0 Å². The first-order valence-corrected chi connectivity index (χ1v) is 6.81. The zero-order valence-corrected chi connectivity index (χ0v) is 11.4. The van der Waals surface area contributed by atoms with E-state index in [-0.39, 0.29) is 18.1 Å². The van der Waals surface area contributed by atoms with Crippen LogP contribution in [0.3, 0.4) is 0 Å². The van der Waals surface area contributed by atoms with Crippen LogP contribution < -0.4 is 5.73 Å². The second-order valence-corrected chi connectivity index (χ2v) is 5.02. The van der Waals surface area contributed by atoms with Gasteiger partial charge in [-0.05, 0) is 18.4 Å². The summed E-state index contributed by atoms with van der Waals surface area (Å²) in [6, 6.07) is 9.95. The van der Waals surface area contributed by atoms with Gasteiger partial charge in [-0.3, -0.25) is 4.79 Å². The smallest absolute Gasteiger partial charge is 0.227 e. The van der Waals surface area contributed by atoms with Crippen molar-refractivity contribution in [1.29, 1.82) is 0 Å². The van der Waals surface area contributed by atoms with Crippen LogP contribution in [0.2, 0.25) is 0 Å². The quantitative estimate of drug-likeness (QED) is 0.887. The molecule has 1 aromatic carbocycles. The molecule has 2 N–H and O–H groups in total. The molecule has 19 heavy (non-hydrogen) atoms. The standard InChI is InChI=1S/C15H22N2O2/c1-19-14-7-8-17(13(10-14)11-16)15(18)9-12-5-3-2-4-6-12/h2-6,13-14H,7-11,16H2,1H3. The molecule has 0 spiro atoms.